The van der Waals surface area contributed by atoms with E-state index in [-0.39, 0.29) is 30.3 Å². The molecule has 6 aliphatic rings. The van der Waals surface area contributed by atoms with Crippen LogP contribution in [0.5, 0.6) is 0 Å². The average Bonchev–Trinajstić information content (AvgIpc) is 3.11. The third-order valence-electron chi connectivity index (χ3n) is 15.5. The predicted molar refractivity (Wildman–Crippen MR) is 233 cm³/mol. The SMILES string of the molecule is CC(C)C1CCC(=O)CC1.CC(C)C1CCC2(CCO2)CC1.CC(C)C1CCCC(C)(O)C1.CC(C)C1CCCC(O)(C(F)(F)F)C1.CC1CCCC(C(C)C)C1. The Morgan fingerprint density at radius 3 is 1.39 bits per heavy atom. The van der Waals surface area contributed by atoms with Crippen LogP contribution in [0.3, 0.4) is 0 Å². The molecule has 0 aromatic rings. The quantitative estimate of drug-likeness (QED) is 0.290. The van der Waals surface area contributed by atoms with Crippen molar-refractivity contribution in [1.82, 2.24) is 0 Å². The van der Waals surface area contributed by atoms with Crippen molar-refractivity contribution in [3.8, 4) is 0 Å². The molecule has 5 saturated carbocycles. The summed E-state index contributed by atoms with van der Waals surface area (Å²) in [7, 11) is 0. The highest BCUT2D eigenvalue weighted by Crippen LogP contribution is 2.46. The van der Waals surface area contributed by atoms with E-state index in [1.165, 1.54) is 70.6 Å². The van der Waals surface area contributed by atoms with Crippen molar-refractivity contribution in [1.29, 1.82) is 0 Å². The standard InChI is InChI=1S/C11H20O.C10H17F3O.C10H20O.C10H20.C9H16O/c1-9(2)10-3-5-11(6-4-10)7-8-12-11;1-7(2)8-4-3-5-9(14,6-8)10(11,12)13;1-8(2)9-5-4-6-10(3,11)7-9;1-8(2)10-6-4-5-9(3)7-10;1-7(2)8-3-5-9(10)6-4-8/h9-10H,3-8H2,1-2H3;7-8,14H,3-6H2,1-2H3;8-9,11H,4-7H2,1-3H3;8-10H,4-7H2,1-3H3;7-8H,3-6H2,1-2H3. The fourth-order valence-corrected chi connectivity index (χ4v) is 10.5. The third kappa shape index (κ3) is 18.5. The third-order valence-corrected chi connectivity index (χ3v) is 15.5. The molecular formula is C50H93F3O4. The van der Waals surface area contributed by atoms with E-state index in [4.69, 9.17) is 4.74 Å². The van der Waals surface area contributed by atoms with Crippen molar-refractivity contribution >= 4 is 5.78 Å². The number of rotatable bonds is 5. The summed E-state index contributed by atoms with van der Waals surface area (Å²) in [4.78, 5) is 10.8. The van der Waals surface area contributed by atoms with Gasteiger partial charge in [-0.15, -0.1) is 0 Å². The van der Waals surface area contributed by atoms with E-state index in [1.807, 2.05) is 20.8 Å². The molecule has 0 aromatic carbocycles. The van der Waals surface area contributed by atoms with Crippen LogP contribution in [0.2, 0.25) is 0 Å². The van der Waals surface area contributed by atoms with E-state index < -0.39 is 11.8 Å². The lowest BCUT2D eigenvalue weighted by molar-refractivity contribution is -0.275. The number of carbonyl (C=O) groups is 1. The zero-order valence-electron chi connectivity index (χ0n) is 39.3. The number of ketones is 1. The number of ether oxygens (including phenoxy) is 1. The van der Waals surface area contributed by atoms with Gasteiger partial charge in [-0.3, -0.25) is 4.79 Å². The van der Waals surface area contributed by atoms with Gasteiger partial charge in [-0.25, -0.2) is 0 Å². The van der Waals surface area contributed by atoms with Crippen LogP contribution in [0.15, 0.2) is 0 Å². The lowest BCUT2D eigenvalue weighted by Crippen LogP contribution is -2.49. The van der Waals surface area contributed by atoms with Crippen LogP contribution in [0.25, 0.3) is 0 Å². The Labute approximate surface area is 350 Å². The molecule has 6 rings (SSSR count). The minimum atomic E-state index is -4.47. The van der Waals surface area contributed by atoms with Crippen LogP contribution in [-0.2, 0) is 9.53 Å². The Kier molecular flexibility index (Phi) is 22.2. The lowest BCUT2D eigenvalue weighted by Gasteiger charge is -2.47. The minimum absolute atomic E-state index is 0.00428. The fourth-order valence-electron chi connectivity index (χ4n) is 10.5. The first-order valence-electron chi connectivity index (χ1n) is 24.1. The van der Waals surface area contributed by atoms with Gasteiger partial charge in [-0.1, -0.05) is 102 Å². The van der Waals surface area contributed by atoms with Crippen LogP contribution >= 0.6 is 0 Å². The first-order valence-corrected chi connectivity index (χ1v) is 24.1. The second kappa shape index (κ2) is 24.1. The molecule has 0 aromatic heterocycles. The molecule has 1 spiro atoms. The van der Waals surface area contributed by atoms with Gasteiger partial charge in [0, 0.05) is 12.8 Å². The monoisotopic (exact) mass is 815 g/mol. The summed E-state index contributed by atoms with van der Waals surface area (Å²) in [5.41, 5.74) is -2.43. The zero-order valence-corrected chi connectivity index (χ0v) is 39.3. The van der Waals surface area contributed by atoms with Gasteiger partial charge in [0.15, 0.2) is 5.60 Å². The van der Waals surface area contributed by atoms with E-state index in [1.54, 1.807) is 0 Å². The molecule has 7 heteroatoms. The van der Waals surface area contributed by atoms with Crippen LogP contribution in [0, 0.1) is 65.1 Å². The summed E-state index contributed by atoms with van der Waals surface area (Å²) in [5, 5.41) is 19.3. The molecule has 4 nitrogen and oxygen atoms in total. The molecule has 6 fully saturated rings. The first-order chi connectivity index (χ1) is 26.4. The molecule has 6 atom stereocenters. The van der Waals surface area contributed by atoms with Gasteiger partial charge >= 0.3 is 6.18 Å². The van der Waals surface area contributed by atoms with Gasteiger partial charge in [0.1, 0.15) is 5.78 Å². The molecule has 338 valence electrons. The number of aliphatic hydroxyl groups is 2. The van der Waals surface area contributed by atoms with E-state index in [0.29, 0.717) is 17.8 Å². The normalized spacial score (nSPS) is 35.0. The van der Waals surface area contributed by atoms with Crippen LogP contribution in [0.1, 0.15) is 218 Å². The molecule has 5 aliphatic carbocycles. The summed E-state index contributed by atoms with van der Waals surface area (Å²) >= 11 is 0. The Hall–Kier alpha value is -0.660. The van der Waals surface area contributed by atoms with E-state index in [9.17, 15) is 28.2 Å². The molecule has 1 aliphatic heterocycles. The number of halogens is 3. The molecule has 1 saturated heterocycles. The van der Waals surface area contributed by atoms with Crippen molar-refractivity contribution in [3.05, 3.63) is 0 Å². The molecule has 0 radical (unpaired) electrons. The Morgan fingerprint density at radius 1 is 0.579 bits per heavy atom. The van der Waals surface area contributed by atoms with Gasteiger partial charge in [0.25, 0.3) is 0 Å². The molecule has 0 bridgehead atoms. The lowest BCUT2D eigenvalue weighted by atomic mass is 9.72. The molecule has 2 N–H and O–H groups in total. The maximum atomic E-state index is 12.5. The molecule has 0 amide bonds. The van der Waals surface area contributed by atoms with Crippen LogP contribution in [-0.4, -0.2) is 45.6 Å². The van der Waals surface area contributed by atoms with Gasteiger partial charge < -0.3 is 14.9 Å². The van der Waals surface area contributed by atoms with Gasteiger partial charge in [0.05, 0.1) is 17.8 Å². The van der Waals surface area contributed by atoms with Crippen LogP contribution < -0.4 is 0 Å². The van der Waals surface area contributed by atoms with E-state index in [2.05, 4.69) is 62.3 Å². The summed E-state index contributed by atoms with van der Waals surface area (Å²) < 4.78 is 43.2. The number of carbonyl (C=O) groups excluding carboxylic acids is 1. The number of Topliss-reactive ketones (excluding diaryl/α,β-unsaturated/α-hetero) is 1. The molecule has 1 heterocycles. The Bertz CT molecular complexity index is 1090. The van der Waals surface area contributed by atoms with E-state index >= 15 is 0 Å². The van der Waals surface area contributed by atoms with Crippen molar-refractivity contribution in [2.45, 2.75) is 241 Å². The topological polar surface area (TPSA) is 66.8 Å². The van der Waals surface area contributed by atoms with Gasteiger partial charge in [0.2, 0.25) is 0 Å². The number of hydrogen-bond acceptors (Lipinski definition) is 4. The predicted octanol–water partition coefficient (Wildman–Crippen LogP) is 14.6. The highest BCUT2D eigenvalue weighted by Gasteiger charge is 2.55. The van der Waals surface area contributed by atoms with Crippen molar-refractivity contribution in [2.24, 2.45) is 65.1 Å². The largest absolute Gasteiger partial charge is 0.417 e. The van der Waals surface area contributed by atoms with E-state index in [0.717, 1.165) is 105 Å². The van der Waals surface area contributed by atoms with Crippen molar-refractivity contribution in [2.75, 3.05) is 6.61 Å². The molecule has 57 heavy (non-hydrogen) atoms. The Morgan fingerprint density at radius 2 is 1.02 bits per heavy atom. The summed E-state index contributed by atoms with van der Waals surface area (Å²) in [5.74, 6) is 8.55. The smallest absolute Gasteiger partial charge is 0.390 e. The second-order valence-electron chi connectivity index (χ2n) is 22.0. The fraction of sp³-hybridized carbons (Fsp3) is 0.980. The minimum Gasteiger partial charge on any atom is -0.390 e. The first kappa shape index (κ1) is 52.5. The van der Waals surface area contributed by atoms with Crippen molar-refractivity contribution in [3.63, 3.8) is 0 Å². The maximum absolute atomic E-state index is 12.5. The number of hydrogen-bond donors (Lipinski definition) is 2. The summed E-state index contributed by atoms with van der Waals surface area (Å²) in [6.45, 7) is 27.7. The average molecular weight is 815 g/mol. The number of alkyl halides is 3. The second-order valence-corrected chi connectivity index (χ2v) is 22.0. The Balaban J connectivity index is 0.000000247. The zero-order chi connectivity index (χ0) is 43.2. The summed E-state index contributed by atoms with van der Waals surface area (Å²) in [6, 6.07) is 0. The molecule has 6 unspecified atom stereocenters. The van der Waals surface area contributed by atoms with Crippen LogP contribution in [0.4, 0.5) is 13.2 Å². The highest BCUT2D eigenvalue weighted by molar-refractivity contribution is 5.79. The van der Waals surface area contributed by atoms with Gasteiger partial charge in [-0.2, -0.15) is 13.2 Å². The maximum Gasteiger partial charge on any atom is 0.417 e. The summed E-state index contributed by atoms with van der Waals surface area (Å²) in [6.07, 6.45) is 17.7. The van der Waals surface area contributed by atoms with Crippen molar-refractivity contribution < 1.29 is 32.9 Å². The van der Waals surface area contributed by atoms with Gasteiger partial charge in [-0.05, 0) is 168 Å². The highest BCUT2D eigenvalue weighted by atomic mass is 19.4. The molecular weight excluding hydrogens is 722 g/mol.